The maximum absolute atomic E-state index is 11.8. The van der Waals surface area contributed by atoms with Crippen molar-refractivity contribution in [1.82, 2.24) is 5.43 Å². The zero-order chi connectivity index (χ0) is 19.2. The Kier molecular flexibility index (Phi) is 6.16. The molecule has 0 aliphatic heterocycles. The topological polar surface area (TPSA) is 66.6 Å². The number of benzene rings is 2. The minimum absolute atomic E-state index is 0.119. The fourth-order valence-corrected chi connectivity index (χ4v) is 2.67. The van der Waals surface area contributed by atoms with Crippen LogP contribution in [0.2, 0.25) is 10.0 Å². The highest BCUT2D eigenvalue weighted by Crippen LogP contribution is 2.29. The molecule has 1 amide bonds. The predicted octanol–water partition coefficient (Wildman–Crippen LogP) is 5.12. The van der Waals surface area contributed by atoms with E-state index in [1.54, 1.807) is 24.3 Å². The number of carbonyl (C=O) groups is 1. The summed E-state index contributed by atoms with van der Waals surface area (Å²) in [6, 6.07) is 16.6. The molecule has 138 valence electrons. The van der Waals surface area contributed by atoms with Crippen molar-refractivity contribution in [3.05, 3.63) is 76.0 Å². The Bertz CT molecular complexity index is 983. The highest BCUT2D eigenvalue weighted by molar-refractivity contribution is 6.42. The highest BCUT2D eigenvalue weighted by Gasteiger charge is 2.06. The van der Waals surface area contributed by atoms with Gasteiger partial charge in [0.1, 0.15) is 11.5 Å². The van der Waals surface area contributed by atoms with E-state index in [-0.39, 0.29) is 12.5 Å². The number of anilines is 1. The van der Waals surface area contributed by atoms with Crippen molar-refractivity contribution >= 4 is 41.0 Å². The molecule has 27 heavy (non-hydrogen) atoms. The summed E-state index contributed by atoms with van der Waals surface area (Å²) >= 11 is 11.9. The quantitative estimate of drug-likeness (QED) is 0.444. The Morgan fingerprint density at radius 3 is 2.74 bits per heavy atom. The number of carbonyl (C=O) groups excluding carboxylic acids is 1. The molecule has 3 rings (SSSR count). The molecule has 0 unspecified atom stereocenters. The van der Waals surface area contributed by atoms with E-state index >= 15 is 0 Å². The van der Waals surface area contributed by atoms with E-state index in [4.69, 9.17) is 27.6 Å². The lowest BCUT2D eigenvalue weighted by molar-refractivity contribution is -0.119. The van der Waals surface area contributed by atoms with Crippen molar-refractivity contribution in [2.75, 3.05) is 11.9 Å². The van der Waals surface area contributed by atoms with Gasteiger partial charge in [-0.05, 0) is 55.0 Å². The molecule has 2 N–H and O–H groups in total. The summed E-state index contributed by atoms with van der Waals surface area (Å²) in [4.78, 5) is 11.8. The average Bonchev–Trinajstić information content (AvgIpc) is 3.11. The Morgan fingerprint density at radius 1 is 1.11 bits per heavy atom. The van der Waals surface area contributed by atoms with Gasteiger partial charge in [0.15, 0.2) is 0 Å². The fourth-order valence-electron chi connectivity index (χ4n) is 2.37. The van der Waals surface area contributed by atoms with Crippen LogP contribution in [-0.4, -0.2) is 18.7 Å². The number of amides is 1. The second-order valence-electron chi connectivity index (χ2n) is 5.85. The number of hydrazone groups is 1. The first-order chi connectivity index (χ1) is 13.0. The van der Waals surface area contributed by atoms with E-state index in [0.717, 1.165) is 16.8 Å². The second-order valence-corrected chi connectivity index (χ2v) is 6.66. The van der Waals surface area contributed by atoms with Gasteiger partial charge in [0.05, 0.1) is 22.8 Å². The van der Waals surface area contributed by atoms with Gasteiger partial charge in [-0.1, -0.05) is 35.3 Å². The number of nitrogens with zero attached hydrogens (tertiary/aromatic N) is 1. The third-order valence-corrected chi connectivity index (χ3v) is 4.42. The molecule has 1 heterocycles. The van der Waals surface area contributed by atoms with Gasteiger partial charge in [-0.2, -0.15) is 5.10 Å². The Morgan fingerprint density at radius 2 is 1.96 bits per heavy atom. The fraction of sp³-hybridized carbons (Fsp3) is 0.100. The van der Waals surface area contributed by atoms with Gasteiger partial charge < -0.3 is 9.73 Å². The van der Waals surface area contributed by atoms with Crippen molar-refractivity contribution < 1.29 is 9.21 Å². The monoisotopic (exact) mass is 401 g/mol. The summed E-state index contributed by atoms with van der Waals surface area (Å²) in [5.41, 5.74) is 5.25. The van der Waals surface area contributed by atoms with Gasteiger partial charge >= 0.3 is 0 Å². The summed E-state index contributed by atoms with van der Waals surface area (Å²) in [7, 11) is 0. The lowest BCUT2D eigenvalue weighted by Crippen LogP contribution is -2.25. The summed E-state index contributed by atoms with van der Waals surface area (Å²) in [6.07, 6.45) is 1.44. The van der Waals surface area contributed by atoms with E-state index in [1.807, 2.05) is 37.3 Å². The molecule has 0 bridgehead atoms. The standard InChI is InChI=1S/C20H17Cl2N3O2/c1-13-3-2-4-15(9-13)23-12-20(26)25-24-11-16-6-8-19(27-16)14-5-7-17(21)18(22)10-14/h2-11,23H,12H2,1H3,(H,25,26)/b24-11-. The zero-order valence-corrected chi connectivity index (χ0v) is 16.0. The number of hydrogen-bond donors (Lipinski definition) is 2. The van der Waals surface area contributed by atoms with Crippen molar-refractivity contribution in [2.24, 2.45) is 5.10 Å². The van der Waals surface area contributed by atoms with Crippen LogP contribution in [0, 0.1) is 6.92 Å². The van der Waals surface area contributed by atoms with Crippen molar-refractivity contribution in [3.8, 4) is 11.3 Å². The molecule has 0 spiro atoms. The third-order valence-electron chi connectivity index (χ3n) is 3.68. The molecule has 0 fully saturated rings. The lowest BCUT2D eigenvalue weighted by atomic mass is 10.2. The molecule has 0 aliphatic carbocycles. The normalized spacial score (nSPS) is 10.9. The van der Waals surface area contributed by atoms with Crippen molar-refractivity contribution in [1.29, 1.82) is 0 Å². The second kappa shape index (κ2) is 8.75. The molecular weight excluding hydrogens is 385 g/mol. The summed E-state index contributed by atoms with van der Waals surface area (Å²) in [5.74, 6) is 0.870. The lowest BCUT2D eigenvalue weighted by Gasteiger charge is -2.05. The highest BCUT2D eigenvalue weighted by atomic mass is 35.5. The van der Waals surface area contributed by atoms with Crippen LogP contribution in [0.1, 0.15) is 11.3 Å². The van der Waals surface area contributed by atoms with E-state index in [9.17, 15) is 4.79 Å². The number of aryl methyl sites for hydroxylation is 1. The molecular formula is C20H17Cl2N3O2. The van der Waals surface area contributed by atoms with E-state index in [2.05, 4.69) is 15.8 Å². The van der Waals surface area contributed by atoms with Crippen LogP contribution < -0.4 is 10.7 Å². The average molecular weight is 402 g/mol. The first-order valence-corrected chi connectivity index (χ1v) is 8.94. The van der Waals surface area contributed by atoms with Gasteiger partial charge in [0.25, 0.3) is 5.91 Å². The van der Waals surface area contributed by atoms with Crippen LogP contribution >= 0.6 is 23.2 Å². The number of furan rings is 1. The minimum atomic E-state index is -0.260. The smallest absolute Gasteiger partial charge is 0.259 e. The molecule has 0 aliphatic rings. The maximum atomic E-state index is 11.8. The Balaban J connectivity index is 1.53. The van der Waals surface area contributed by atoms with Gasteiger partial charge in [-0.15, -0.1) is 0 Å². The minimum Gasteiger partial charge on any atom is -0.455 e. The molecule has 0 radical (unpaired) electrons. The Hall–Kier alpha value is -2.76. The number of nitrogens with one attached hydrogen (secondary N) is 2. The zero-order valence-electron chi connectivity index (χ0n) is 14.5. The van der Waals surface area contributed by atoms with Crippen LogP contribution in [-0.2, 0) is 4.79 Å². The molecule has 1 aromatic heterocycles. The largest absolute Gasteiger partial charge is 0.455 e. The van der Waals surface area contributed by atoms with E-state index < -0.39 is 0 Å². The Labute approximate surface area is 167 Å². The van der Waals surface area contributed by atoms with Gasteiger partial charge in [0, 0.05) is 11.3 Å². The summed E-state index contributed by atoms with van der Waals surface area (Å²) in [5, 5.41) is 7.88. The van der Waals surface area contributed by atoms with Crippen LogP contribution in [0.25, 0.3) is 11.3 Å². The number of rotatable bonds is 6. The van der Waals surface area contributed by atoms with E-state index in [0.29, 0.717) is 21.6 Å². The van der Waals surface area contributed by atoms with Crippen LogP contribution in [0.5, 0.6) is 0 Å². The first kappa shape index (κ1) is 19.0. The molecule has 0 saturated heterocycles. The van der Waals surface area contributed by atoms with Gasteiger partial charge in [-0.3, -0.25) is 4.79 Å². The molecule has 0 saturated carbocycles. The van der Waals surface area contributed by atoms with Gasteiger partial charge in [-0.25, -0.2) is 5.43 Å². The summed E-state index contributed by atoms with van der Waals surface area (Å²) in [6.45, 7) is 2.11. The molecule has 5 nitrogen and oxygen atoms in total. The first-order valence-electron chi connectivity index (χ1n) is 8.19. The molecule has 2 aromatic carbocycles. The molecule has 7 heteroatoms. The van der Waals surface area contributed by atoms with Gasteiger partial charge in [0.2, 0.25) is 0 Å². The van der Waals surface area contributed by atoms with Crippen LogP contribution in [0.15, 0.2) is 64.1 Å². The van der Waals surface area contributed by atoms with E-state index in [1.165, 1.54) is 6.21 Å². The summed E-state index contributed by atoms with van der Waals surface area (Å²) < 4.78 is 5.67. The predicted molar refractivity (Wildman–Crippen MR) is 110 cm³/mol. The van der Waals surface area contributed by atoms with Crippen molar-refractivity contribution in [2.45, 2.75) is 6.92 Å². The number of halogens is 2. The maximum Gasteiger partial charge on any atom is 0.259 e. The third kappa shape index (κ3) is 5.36. The van der Waals surface area contributed by atoms with Crippen molar-refractivity contribution in [3.63, 3.8) is 0 Å². The van der Waals surface area contributed by atoms with Crippen LogP contribution in [0.3, 0.4) is 0 Å². The SMILES string of the molecule is Cc1cccc(NCC(=O)N/N=C\c2ccc(-c3ccc(Cl)c(Cl)c3)o2)c1. The van der Waals surface area contributed by atoms with Crippen LogP contribution in [0.4, 0.5) is 5.69 Å². The molecule has 0 atom stereocenters. The number of hydrogen-bond acceptors (Lipinski definition) is 4. The molecule has 3 aromatic rings.